The molecule has 0 saturated heterocycles. The molecule has 4 nitrogen and oxygen atoms in total. The van der Waals surface area contributed by atoms with Crippen molar-refractivity contribution in [3.8, 4) is 5.75 Å². The minimum absolute atomic E-state index is 0.166. The van der Waals surface area contributed by atoms with Gasteiger partial charge in [-0.3, -0.25) is 10.1 Å². The number of nitrogens with one attached hydrogen (secondary N) is 1. The van der Waals surface area contributed by atoms with Crippen molar-refractivity contribution < 1.29 is 9.53 Å². The Balaban J connectivity index is 1.82. The maximum atomic E-state index is 12.2. The monoisotopic (exact) mass is 460 g/mol. The number of halogens is 2. The van der Waals surface area contributed by atoms with Gasteiger partial charge in [0.1, 0.15) is 5.75 Å². The van der Waals surface area contributed by atoms with Crippen molar-refractivity contribution in [2.24, 2.45) is 0 Å². The van der Waals surface area contributed by atoms with Gasteiger partial charge in [-0.05, 0) is 63.0 Å². The number of amides is 1. The van der Waals surface area contributed by atoms with E-state index in [0.29, 0.717) is 16.6 Å². The number of hydrogen-bond donors (Lipinski definition) is 1. The Morgan fingerprint density at radius 1 is 1.32 bits per heavy atom. The van der Waals surface area contributed by atoms with Crippen LogP contribution in [0.2, 0.25) is 0 Å². The topological polar surface area (TPSA) is 51.2 Å². The molecular weight excluding hydrogens is 452 g/mol. The van der Waals surface area contributed by atoms with Gasteiger partial charge in [0, 0.05) is 4.47 Å². The van der Waals surface area contributed by atoms with Crippen molar-refractivity contribution in [1.29, 1.82) is 0 Å². The Morgan fingerprint density at radius 3 is 2.82 bits per heavy atom. The zero-order chi connectivity index (χ0) is 15.7. The van der Waals surface area contributed by atoms with E-state index in [4.69, 9.17) is 4.74 Å². The summed E-state index contributed by atoms with van der Waals surface area (Å²) in [5.74, 6) is 0.642. The van der Waals surface area contributed by atoms with Crippen molar-refractivity contribution in [2.45, 2.75) is 6.92 Å². The van der Waals surface area contributed by atoms with E-state index in [1.165, 1.54) is 22.7 Å². The van der Waals surface area contributed by atoms with Crippen molar-refractivity contribution >= 4 is 75.8 Å². The minimum atomic E-state index is -0.166. The standard InChI is InChI=1S/C14H10Br2N2O2S2/c1-2-20-7-3-4-9-10(5-7)22-14(17-9)18-13(19)11-6-8(15)12(16)21-11/h3-6H,2H2,1H3,(H,17,18,19). The molecule has 114 valence electrons. The first-order valence-corrected chi connectivity index (χ1v) is 9.58. The fourth-order valence-corrected chi connectivity index (χ4v) is 4.65. The molecule has 1 N–H and O–H groups in total. The van der Waals surface area contributed by atoms with Gasteiger partial charge in [0.15, 0.2) is 5.13 Å². The second kappa shape index (κ2) is 6.66. The summed E-state index contributed by atoms with van der Waals surface area (Å²) in [7, 11) is 0. The molecule has 0 saturated carbocycles. The summed E-state index contributed by atoms with van der Waals surface area (Å²) in [6.07, 6.45) is 0. The van der Waals surface area contributed by atoms with E-state index in [2.05, 4.69) is 42.2 Å². The summed E-state index contributed by atoms with van der Waals surface area (Å²) in [5.41, 5.74) is 0.845. The number of fused-ring (bicyclic) bond motifs is 1. The van der Waals surface area contributed by atoms with E-state index in [0.717, 1.165) is 24.2 Å². The van der Waals surface area contributed by atoms with Crippen molar-refractivity contribution in [3.05, 3.63) is 37.4 Å². The number of benzene rings is 1. The van der Waals surface area contributed by atoms with Gasteiger partial charge in [0.2, 0.25) is 0 Å². The third-order valence-electron chi connectivity index (χ3n) is 2.76. The molecular formula is C14H10Br2N2O2S2. The molecule has 0 aliphatic heterocycles. The van der Waals surface area contributed by atoms with Gasteiger partial charge in [-0.2, -0.15) is 0 Å². The smallest absolute Gasteiger partial charge is 0.267 e. The van der Waals surface area contributed by atoms with Gasteiger partial charge in [-0.1, -0.05) is 11.3 Å². The maximum absolute atomic E-state index is 12.2. The molecule has 0 fully saturated rings. The van der Waals surface area contributed by atoms with Crippen LogP contribution in [-0.2, 0) is 0 Å². The second-order valence-electron chi connectivity index (χ2n) is 4.27. The first-order valence-electron chi connectivity index (χ1n) is 6.36. The molecule has 22 heavy (non-hydrogen) atoms. The lowest BCUT2D eigenvalue weighted by Gasteiger charge is -2.00. The Kier molecular flexibility index (Phi) is 4.82. The number of carbonyl (C=O) groups excluding carboxylic acids is 1. The number of ether oxygens (including phenoxy) is 1. The van der Waals surface area contributed by atoms with Crippen LogP contribution in [-0.4, -0.2) is 17.5 Å². The molecule has 2 heterocycles. The minimum Gasteiger partial charge on any atom is -0.494 e. The summed E-state index contributed by atoms with van der Waals surface area (Å²) in [6, 6.07) is 7.49. The fraction of sp³-hybridized carbons (Fsp3) is 0.143. The number of nitrogens with zero attached hydrogens (tertiary/aromatic N) is 1. The van der Waals surface area contributed by atoms with Crippen LogP contribution in [0.5, 0.6) is 5.75 Å². The lowest BCUT2D eigenvalue weighted by molar-refractivity contribution is 0.103. The molecule has 1 amide bonds. The number of anilines is 1. The van der Waals surface area contributed by atoms with E-state index in [1.54, 1.807) is 6.07 Å². The predicted octanol–water partition coefficient (Wildman–Crippen LogP) is 5.53. The van der Waals surface area contributed by atoms with Crippen LogP contribution >= 0.6 is 54.5 Å². The molecule has 3 aromatic rings. The quantitative estimate of drug-likeness (QED) is 0.555. The summed E-state index contributed by atoms with van der Waals surface area (Å²) in [4.78, 5) is 17.3. The van der Waals surface area contributed by atoms with Gasteiger partial charge < -0.3 is 4.74 Å². The summed E-state index contributed by atoms with van der Waals surface area (Å²) in [5, 5.41) is 3.41. The molecule has 2 aromatic heterocycles. The highest BCUT2D eigenvalue weighted by molar-refractivity contribution is 9.13. The molecule has 8 heteroatoms. The molecule has 0 atom stereocenters. The van der Waals surface area contributed by atoms with E-state index >= 15 is 0 Å². The lowest BCUT2D eigenvalue weighted by atomic mass is 10.3. The number of hydrogen-bond acceptors (Lipinski definition) is 5. The molecule has 0 aliphatic carbocycles. The molecule has 0 radical (unpaired) electrons. The van der Waals surface area contributed by atoms with Crippen LogP contribution < -0.4 is 10.1 Å². The van der Waals surface area contributed by atoms with E-state index in [-0.39, 0.29) is 5.91 Å². The van der Waals surface area contributed by atoms with Crippen molar-refractivity contribution in [1.82, 2.24) is 4.98 Å². The third-order valence-corrected chi connectivity index (χ3v) is 6.95. The van der Waals surface area contributed by atoms with E-state index in [9.17, 15) is 4.79 Å². The number of thiophene rings is 1. The van der Waals surface area contributed by atoms with Crippen LogP contribution in [0.1, 0.15) is 16.6 Å². The zero-order valence-corrected chi connectivity index (χ0v) is 16.2. The number of aromatic nitrogens is 1. The Hall–Kier alpha value is -0.960. The Bertz CT molecular complexity index is 825. The predicted molar refractivity (Wildman–Crippen MR) is 98.5 cm³/mol. The summed E-state index contributed by atoms with van der Waals surface area (Å²) < 4.78 is 8.21. The van der Waals surface area contributed by atoms with Gasteiger partial charge in [0.05, 0.1) is 25.5 Å². The Morgan fingerprint density at radius 2 is 2.14 bits per heavy atom. The van der Waals surface area contributed by atoms with Crippen LogP contribution in [0.25, 0.3) is 10.2 Å². The third kappa shape index (κ3) is 3.34. The molecule has 3 rings (SSSR count). The van der Waals surface area contributed by atoms with Crippen LogP contribution in [0.3, 0.4) is 0 Å². The highest BCUT2D eigenvalue weighted by atomic mass is 79.9. The summed E-state index contributed by atoms with van der Waals surface area (Å²) in [6.45, 7) is 2.57. The lowest BCUT2D eigenvalue weighted by Crippen LogP contribution is -2.09. The van der Waals surface area contributed by atoms with Crippen LogP contribution in [0.4, 0.5) is 5.13 Å². The highest BCUT2D eigenvalue weighted by Crippen LogP contribution is 2.34. The number of carbonyl (C=O) groups is 1. The first kappa shape index (κ1) is 15.9. The normalized spacial score (nSPS) is 10.9. The molecule has 0 bridgehead atoms. The largest absolute Gasteiger partial charge is 0.494 e. The van der Waals surface area contributed by atoms with Gasteiger partial charge in [-0.15, -0.1) is 11.3 Å². The molecule has 1 aromatic carbocycles. The van der Waals surface area contributed by atoms with Gasteiger partial charge in [-0.25, -0.2) is 4.98 Å². The van der Waals surface area contributed by atoms with Crippen molar-refractivity contribution in [2.75, 3.05) is 11.9 Å². The average molecular weight is 462 g/mol. The molecule has 0 unspecified atom stereocenters. The molecule has 0 aliphatic rings. The van der Waals surface area contributed by atoms with E-state index < -0.39 is 0 Å². The van der Waals surface area contributed by atoms with Crippen molar-refractivity contribution in [3.63, 3.8) is 0 Å². The van der Waals surface area contributed by atoms with Gasteiger partial charge >= 0.3 is 0 Å². The maximum Gasteiger partial charge on any atom is 0.267 e. The summed E-state index contributed by atoms with van der Waals surface area (Å²) >= 11 is 9.56. The number of rotatable bonds is 4. The fourth-order valence-electron chi connectivity index (χ4n) is 1.83. The van der Waals surface area contributed by atoms with Gasteiger partial charge in [0.25, 0.3) is 5.91 Å². The Labute approximate surface area is 151 Å². The van der Waals surface area contributed by atoms with Crippen LogP contribution in [0.15, 0.2) is 32.5 Å². The zero-order valence-electron chi connectivity index (χ0n) is 11.4. The average Bonchev–Trinajstić information content (AvgIpc) is 3.02. The number of thiazole rings is 1. The first-order chi connectivity index (χ1) is 10.6. The van der Waals surface area contributed by atoms with Crippen LogP contribution in [0, 0.1) is 0 Å². The molecule has 0 spiro atoms. The van der Waals surface area contributed by atoms with E-state index in [1.807, 2.05) is 25.1 Å². The SMILES string of the molecule is CCOc1ccc2nc(NC(=O)c3cc(Br)c(Br)s3)sc2c1. The second-order valence-corrected chi connectivity index (χ2v) is 8.52. The highest BCUT2D eigenvalue weighted by Gasteiger charge is 2.14.